The summed E-state index contributed by atoms with van der Waals surface area (Å²) in [4.78, 5) is 2.12. The van der Waals surface area contributed by atoms with Gasteiger partial charge in [-0.15, -0.1) is 0 Å². The first kappa shape index (κ1) is 12.9. The summed E-state index contributed by atoms with van der Waals surface area (Å²) in [6, 6.07) is 0. The third-order valence-corrected chi connectivity index (χ3v) is 2.02. The van der Waals surface area contributed by atoms with Crippen molar-refractivity contribution in [1.82, 2.24) is 4.90 Å². The fourth-order valence-electron chi connectivity index (χ4n) is 1.00. The summed E-state index contributed by atoms with van der Waals surface area (Å²) < 4.78 is 6.20. The Morgan fingerprint density at radius 2 is 2.00 bits per heavy atom. The van der Waals surface area contributed by atoms with E-state index in [0.717, 1.165) is 17.4 Å². The molecule has 0 rings (SSSR count). The van der Waals surface area contributed by atoms with E-state index in [0.29, 0.717) is 6.61 Å². The Hall–Kier alpha value is -0.0975. The van der Waals surface area contributed by atoms with Crippen LogP contribution in [0.1, 0.15) is 26.7 Å². The van der Waals surface area contributed by atoms with Gasteiger partial charge in [0.05, 0.1) is 0 Å². The molecule has 0 bridgehead atoms. The van der Waals surface area contributed by atoms with E-state index in [-0.39, 0.29) is 0 Å². The summed E-state index contributed by atoms with van der Waals surface area (Å²) in [6.07, 6.45) is 4.31. The maximum atomic E-state index is 5.33. The van der Waals surface area contributed by atoms with Gasteiger partial charge in [0, 0.05) is 0 Å². The second-order valence-corrected chi connectivity index (χ2v) is 3.66. The zero-order valence-corrected chi connectivity index (χ0v) is 10.2. The topological polar surface area (TPSA) is 12.5 Å². The Balaban J connectivity index is 4.25. The first-order chi connectivity index (χ1) is 6.11. The van der Waals surface area contributed by atoms with Crippen molar-refractivity contribution in [3.05, 3.63) is 11.8 Å². The zero-order chi connectivity index (χ0) is 10.3. The fourth-order valence-corrected chi connectivity index (χ4v) is 1.40. The minimum absolute atomic E-state index is 0.714. The van der Waals surface area contributed by atoms with Gasteiger partial charge in [-0.2, -0.15) is 0 Å². The van der Waals surface area contributed by atoms with Crippen LogP contribution >= 0.6 is 0 Å². The molecule has 0 aromatic rings. The summed E-state index contributed by atoms with van der Waals surface area (Å²) in [7, 11) is 4.11. The van der Waals surface area contributed by atoms with E-state index in [1.54, 1.807) is 0 Å². The van der Waals surface area contributed by atoms with Crippen LogP contribution in [0.15, 0.2) is 11.8 Å². The molecule has 0 aromatic heterocycles. The molecule has 2 nitrogen and oxygen atoms in total. The van der Waals surface area contributed by atoms with Crippen LogP contribution in [0.2, 0.25) is 0 Å². The Morgan fingerprint density at radius 1 is 1.38 bits per heavy atom. The van der Waals surface area contributed by atoms with Crippen molar-refractivity contribution in [1.29, 1.82) is 0 Å². The molecule has 0 saturated heterocycles. The van der Waals surface area contributed by atoms with Crippen molar-refractivity contribution in [2.24, 2.45) is 0 Å². The maximum absolute atomic E-state index is 5.33. The molecule has 0 spiro atoms. The van der Waals surface area contributed by atoms with Crippen LogP contribution < -0.4 is 0 Å². The van der Waals surface area contributed by atoms with Gasteiger partial charge in [0.2, 0.25) is 0 Å². The third kappa shape index (κ3) is 6.04. The molecular weight excluding hydrogens is 202 g/mol. The Morgan fingerprint density at radius 3 is 2.38 bits per heavy atom. The number of hydrogen-bond acceptors (Lipinski definition) is 2. The predicted molar refractivity (Wildman–Crippen MR) is 53.3 cm³/mol. The van der Waals surface area contributed by atoms with E-state index in [4.69, 9.17) is 4.74 Å². The molecule has 3 heteroatoms. The molecule has 0 aromatic carbocycles. The molecule has 0 saturated carbocycles. The quantitative estimate of drug-likeness (QED) is 0.679. The Bertz CT molecular complexity index is 187. The molecular formula is C10H19CrNO. The number of ether oxygens (including phenoxy) is 1. The van der Waals surface area contributed by atoms with E-state index < -0.39 is 0 Å². The first-order valence-corrected chi connectivity index (χ1v) is 5.30. The van der Waals surface area contributed by atoms with Gasteiger partial charge in [-0.3, -0.25) is 0 Å². The van der Waals surface area contributed by atoms with Crippen molar-refractivity contribution in [2.45, 2.75) is 26.7 Å². The number of rotatable bonds is 6. The number of nitrogens with zero attached hydrogens (tertiary/aromatic N) is 1. The molecule has 0 atom stereocenters. The summed E-state index contributed by atoms with van der Waals surface area (Å²) in [5, 5.41) is 0. The second-order valence-electron chi connectivity index (χ2n) is 3.03. The Kier molecular flexibility index (Phi) is 7.26. The number of allylic oxidation sites excluding steroid dienone is 1. The molecule has 0 aliphatic rings. The van der Waals surface area contributed by atoms with Crippen LogP contribution in [-0.2, 0) is 20.6 Å². The van der Waals surface area contributed by atoms with Gasteiger partial charge in [-0.25, -0.2) is 0 Å². The Labute approximate surface area is 89.5 Å². The van der Waals surface area contributed by atoms with E-state index in [1.807, 2.05) is 6.92 Å². The van der Waals surface area contributed by atoms with Crippen molar-refractivity contribution in [3.63, 3.8) is 0 Å². The average Bonchev–Trinajstić information content (AvgIpc) is 2.04. The summed E-state index contributed by atoms with van der Waals surface area (Å²) >= 11 is 2.91. The normalized spacial score (nSPS) is 11.5. The van der Waals surface area contributed by atoms with Crippen LogP contribution in [0.5, 0.6) is 0 Å². The summed E-state index contributed by atoms with van der Waals surface area (Å²) in [5.74, 6) is 0. The standard InChI is InChI=1S/C10H19NO.Cr/c1-5-7-10(11(3)4)8-9-12-6-2;/h8H,5-7H2,1-4H3;/b10-8+;. The van der Waals surface area contributed by atoms with E-state index in [9.17, 15) is 0 Å². The molecule has 76 valence electrons. The molecule has 0 aliphatic heterocycles. The molecule has 0 heterocycles. The van der Waals surface area contributed by atoms with Gasteiger partial charge in [0.15, 0.2) is 0 Å². The monoisotopic (exact) mass is 221 g/mol. The van der Waals surface area contributed by atoms with Gasteiger partial charge in [-0.1, -0.05) is 0 Å². The SMILES string of the molecule is CCC/C(=C\[C](=[Cr])OCC)N(C)C. The molecule has 0 N–H and O–H groups in total. The van der Waals surface area contributed by atoms with Crippen LogP contribution in [0, 0.1) is 0 Å². The molecule has 0 amide bonds. The van der Waals surface area contributed by atoms with Crippen molar-refractivity contribution in [2.75, 3.05) is 20.7 Å². The molecule has 0 unspecified atom stereocenters. The van der Waals surface area contributed by atoms with Crippen molar-refractivity contribution >= 4 is 4.57 Å². The van der Waals surface area contributed by atoms with Gasteiger partial charge in [-0.05, 0) is 0 Å². The first-order valence-electron chi connectivity index (χ1n) is 4.66. The number of hydrogen-bond donors (Lipinski definition) is 0. The summed E-state index contributed by atoms with van der Waals surface area (Å²) in [6.45, 7) is 4.88. The minimum atomic E-state index is 0.714. The van der Waals surface area contributed by atoms with Gasteiger partial charge < -0.3 is 0 Å². The summed E-state index contributed by atoms with van der Waals surface area (Å²) in [5.41, 5.74) is 1.30. The van der Waals surface area contributed by atoms with Gasteiger partial charge in [0.1, 0.15) is 0 Å². The van der Waals surface area contributed by atoms with Crippen LogP contribution in [0.3, 0.4) is 0 Å². The predicted octanol–water partition coefficient (Wildman–Crippen LogP) is 1.95. The average molecular weight is 221 g/mol. The van der Waals surface area contributed by atoms with Gasteiger partial charge in [0.25, 0.3) is 0 Å². The molecule has 13 heavy (non-hydrogen) atoms. The molecule has 0 radical (unpaired) electrons. The fraction of sp³-hybridized carbons (Fsp3) is 0.700. The zero-order valence-electron chi connectivity index (χ0n) is 8.96. The van der Waals surface area contributed by atoms with Crippen LogP contribution in [0.4, 0.5) is 0 Å². The van der Waals surface area contributed by atoms with E-state index >= 15 is 0 Å². The molecule has 0 fully saturated rings. The van der Waals surface area contributed by atoms with Crippen molar-refractivity contribution < 1.29 is 20.6 Å². The van der Waals surface area contributed by atoms with Crippen LogP contribution in [0.25, 0.3) is 0 Å². The third-order valence-electron chi connectivity index (χ3n) is 1.65. The second kappa shape index (κ2) is 7.32. The van der Waals surface area contributed by atoms with Crippen molar-refractivity contribution in [3.8, 4) is 0 Å². The molecule has 0 aliphatic carbocycles. The van der Waals surface area contributed by atoms with E-state index in [1.165, 1.54) is 5.70 Å². The van der Waals surface area contributed by atoms with Gasteiger partial charge >= 0.3 is 89.2 Å². The van der Waals surface area contributed by atoms with Crippen LogP contribution in [-0.4, -0.2) is 30.2 Å². The van der Waals surface area contributed by atoms with E-state index in [2.05, 4.69) is 47.8 Å².